The highest BCUT2D eigenvalue weighted by Gasteiger charge is 2.14. The number of fused-ring (bicyclic) bond motifs is 1. The number of hydrogen-bond acceptors (Lipinski definition) is 2. The number of benzene rings is 1. The van der Waals surface area contributed by atoms with Gasteiger partial charge in [-0.3, -0.25) is 4.79 Å². The van der Waals surface area contributed by atoms with Crippen molar-refractivity contribution in [2.45, 2.75) is 39.5 Å². The highest BCUT2D eigenvalue weighted by molar-refractivity contribution is 7.14. The van der Waals surface area contributed by atoms with Crippen molar-refractivity contribution in [1.82, 2.24) is 0 Å². The minimum Gasteiger partial charge on any atom is -0.293 e. The van der Waals surface area contributed by atoms with Gasteiger partial charge in [0.05, 0.1) is 4.88 Å². The fraction of sp³-hybridized carbons (Fsp3) is 0.353. The second-order valence-corrected chi connectivity index (χ2v) is 6.66. The Morgan fingerprint density at radius 3 is 2.68 bits per heavy atom. The summed E-state index contributed by atoms with van der Waals surface area (Å²) in [6.07, 6.45) is 4.17. The van der Waals surface area contributed by atoms with Gasteiger partial charge in [-0.15, -0.1) is 11.3 Å². The van der Waals surface area contributed by atoms with Gasteiger partial charge in [0.25, 0.3) is 0 Å². The van der Waals surface area contributed by atoms with Crippen LogP contribution < -0.4 is 0 Å². The highest BCUT2D eigenvalue weighted by atomic mass is 32.1. The van der Waals surface area contributed by atoms with Gasteiger partial charge in [0, 0.05) is 11.3 Å². The first-order chi connectivity index (χ1) is 9.13. The van der Waals surface area contributed by atoms with Crippen molar-refractivity contribution in [3.05, 3.63) is 56.3 Å². The van der Waals surface area contributed by atoms with Gasteiger partial charge in [0.1, 0.15) is 0 Å². The molecule has 1 aliphatic rings. The zero-order valence-corrected chi connectivity index (χ0v) is 12.3. The summed E-state index contributed by atoms with van der Waals surface area (Å²) in [5.41, 5.74) is 5.31. The smallest absolute Gasteiger partial charge is 0.177 e. The summed E-state index contributed by atoms with van der Waals surface area (Å²) in [5.74, 6) is 0.249. The lowest BCUT2D eigenvalue weighted by Gasteiger charge is -2.03. The zero-order chi connectivity index (χ0) is 13.4. The Balaban J connectivity index is 1.79. The van der Waals surface area contributed by atoms with Crippen LogP contribution in [0.1, 0.15) is 43.2 Å². The molecular weight excluding hydrogens is 252 g/mol. The largest absolute Gasteiger partial charge is 0.293 e. The fourth-order valence-corrected chi connectivity index (χ4v) is 3.69. The van der Waals surface area contributed by atoms with Crippen LogP contribution in [0.2, 0.25) is 0 Å². The first kappa shape index (κ1) is 12.6. The highest BCUT2D eigenvalue weighted by Crippen LogP contribution is 2.25. The van der Waals surface area contributed by atoms with E-state index in [1.165, 1.54) is 40.8 Å². The van der Waals surface area contributed by atoms with E-state index in [1.807, 2.05) is 6.07 Å². The Bertz CT molecular complexity index is 617. The molecular formula is C17H18OS. The number of ketones is 1. The maximum atomic E-state index is 12.3. The van der Waals surface area contributed by atoms with Gasteiger partial charge in [-0.05, 0) is 61.4 Å². The summed E-state index contributed by atoms with van der Waals surface area (Å²) < 4.78 is 0. The molecule has 0 saturated carbocycles. The van der Waals surface area contributed by atoms with E-state index in [9.17, 15) is 4.79 Å². The number of thiophene rings is 1. The molecule has 2 heteroatoms. The van der Waals surface area contributed by atoms with Gasteiger partial charge in [0.2, 0.25) is 0 Å². The van der Waals surface area contributed by atoms with Crippen molar-refractivity contribution in [3.63, 3.8) is 0 Å². The second-order valence-electron chi connectivity index (χ2n) is 5.41. The van der Waals surface area contributed by atoms with Crippen molar-refractivity contribution >= 4 is 17.1 Å². The first-order valence-corrected chi connectivity index (χ1v) is 7.66. The van der Waals surface area contributed by atoms with Gasteiger partial charge in [-0.1, -0.05) is 18.2 Å². The lowest BCUT2D eigenvalue weighted by molar-refractivity contribution is 0.0997. The SMILES string of the molecule is Cc1cc(C(=O)Cc2ccc3c(c2)CCC3)sc1C. The molecule has 0 aliphatic heterocycles. The third kappa shape index (κ3) is 2.50. The lowest BCUT2D eigenvalue weighted by Crippen LogP contribution is -2.01. The van der Waals surface area contributed by atoms with E-state index in [2.05, 4.69) is 32.0 Å². The van der Waals surface area contributed by atoms with Gasteiger partial charge < -0.3 is 0 Å². The van der Waals surface area contributed by atoms with E-state index in [-0.39, 0.29) is 5.78 Å². The van der Waals surface area contributed by atoms with Crippen LogP contribution in [0.3, 0.4) is 0 Å². The Kier molecular flexibility index (Phi) is 3.28. The molecule has 0 amide bonds. The van der Waals surface area contributed by atoms with Crippen molar-refractivity contribution in [1.29, 1.82) is 0 Å². The zero-order valence-electron chi connectivity index (χ0n) is 11.5. The van der Waals surface area contributed by atoms with Crippen LogP contribution >= 0.6 is 11.3 Å². The molecule has 0 fully saturated rings. The average Bonchev–Trinajstić information content (AvgIpc) is 2.96. The summed E-state index contributed by atoms with van der Waals surface area (Å²) in [7, 11) is 0. The predicted octanol–water partition coefficient (Wildman–Crippen LogP) is 4.28. The molecule has 1 heterocycles. The molecule has 1 aliphatic carbocycles. The van der Waals surface area contributed by atoms with Gasteiger partial charge >= 0.3 is 0 Å². The molecule has 2 aromatic rings. The average molecular weight is 270 g/mol. The van der Waals surface area contributed by atoms with Crippen molar-refractivity contribution < 1.29 is 4.79 Å². The summed E-state index contributed by atoms with van der Waals surface area (Å²) in [6.45, 7) is 4.14. The molecule has 0 radical (unpaired) electrons. The summed E-state index contributed by atoms with van der Waals surface area (Å²) in [4.78, 5) is 14.4. The molecule has 1 aromatic carbocycles. The predicted molar refractivity (Wildman–Crippen MR) is 80.3 cm³/mol. The standard InChI is InChI=1S/C17H18OS/c1-11-8-17(19-12(11)2)16(18)10-13-6-7-14-4-3-5-15(14)9-13/h6-9H,3-5,10H2,1-2H3. The molecule has 19 heavy (non-hydrogen) atoms. The Morgan fingerprint density at radius 1 is 1.16 bits per heavy atom. The van der Waals surface area contributed by atoms with Crippen molar-refractivity contribution in [2.75, 3.05) is 0 Å². The normalized spacial score (nSPS) is 13.6. The summed E-state index contributed by atoms with van der Waals surface area (Å²) in [6, 6.07) is 8.58. The minimum atomic E-state index is 0.249. The Labute approximate surface area is 118 Å². The third-order valence-corrected chi connectivity index (χ3v) is 5.16. The number of carbonyl (C=O) groups excluding carboxylic acids is 1. The van der Waals surface area contributed by atoms with Crippen LogP contribution in [-0.2, 0) is 19.3 Å². The number of aryl methyl sites for hydroxylation is 4. The Hall–Kier alpha value is -1.41. The topological polar surface area (TPSA) is 17.1 Å². The second kappa shape index (κ2) is 4.93. The van der Waals surface area contributed by atoms with Gasteiger partial charge in [-0.2, -0.15) is 0 Å². The third-order valence-electron chi connectivity index (χ3n) is 3.97. The molecule has 0 saturated heterocycles. The van der Waals surface area contributed by atoms with E-state index in [1.54, 1.807) is 11.3 Å². The van der Waals surface area contributed by atoms with Crippen LogP contribution in [0.15, 0.2) is 24.3 Å². The number of carbonyl (C=O) groups is 1. The molecule has 1 nitrogen and oxygen atoms in total. The van der Waals surface area contributed by atoms with Crippen LogP contribution in [0.25, 0.3) is 0 Å². The maximum absolute atomic E-state index is 12.3. The van der Waals surface area contributed by atoms with Crippen molar-refractivity contribution in [3.8, 4) is 0 Å². The molecule has 0 bridgehead atoms. The van der Waals surface area contributed by atoms with E-state index in [0.717, 1.165) is 10.4 Å². The lowest BCUT2D eigenvalue weighted by atomic mass is 10.0. The monoisotopic (exact) mass is 270 g/mol. The van der Waals surface area contributed by atoms with Crippen molar-refractivity contribution in [2.24, 2.45) is 0 Å². The van der Waals surface area contributed by atoms with Gasteiger partial charge in [0.15, 0.2) is 5.78 Å². The molecule has 0 unspecified atom stereocenters. The first-order valence-electron chi connectivity index (χ1n) is 6.84. The van der Waals surface area contributed by atoms with E-state index in [0.29, 0.717) is 6.42 Å². The molecule has 0 N–H and O–H groups in total. The van der Waals surface area contributed by atoms with Crippen LogP contribution in [0.5, 0.6) is 0 Å². The fourth-order valence-electron chi connectivity index (χ4n) is 2.72. The van der Waals surface area contributed by atoms with Crippen LogP contribution in [0, 0.1) is 13.8 Å². The Morgan fingerprint density at radius 2 is 1.95 bits per heavy atom. The molecule has 3 rings (SSSR count). The maximum Gasteiger partial charge on any atom is 0.177 e. The molecule has 98 valence electrons. The molecule has 0 spiro atoms. The van der Waals surface area contributed by atoms with E-state index < -0.39 is 0 Å². The number of hydrogen-bond donors (Lipinski definition) is 0. The quantitative estimate of drug-likeness (QED) is 0.761. The van der Waals surface area contributed by atoms with Gasteiger partial charge in [-0.25, -0.2) is 0 Å². The molecule has 0 atom stereocenters. The number of Topliss-reactive ketones (excluding diaryl/α,β-unsaturated/α-hetero) is 1. The van der Waals surface area contributed by atoms with Crippen LogP contribution in [0.4, 0.5) is 0 Å². The number of rotatable bonds is 3. The summed E-state index contributed by atoms with van der Waals surface area (Å²) in [5, 5.41) is 0. The van der Waals surface area contributed by atoms with E-state index in [4.69, 9.17) is 0 Å². The minimum absolute atomic E-state index is 0.249. The summed E-state index contributed by atoms with van der Waals surface area (Å²) >= 11 is 1.62. The van der Waals surface area contributed by atoms with Crippen LogP contribution in [-0.4, -0.2) is 5.78 Å². The van der Waals surface area contributed by atoms with E-state index >= 15 is 0 Å². The molecule has 1 aromatic heterocycles.